The van der Waals surface area contributed by atoms with Crippen LogP contribution in [0.1, 0.15) is 6.42 Å². The molecule has 3 heterocycles. The summed E-state index contributed by atoms with van der Waals surface area (Å²) in [5.41, 5.74) is 7.37. The van der Waals surface area contributed by atoms with Gasteiger partial charge in [-0.2, -0.15) is 0 Å². The predicted molar refractivity (Wildman–Crippen MR) is 117 cm³/mol. The number of nitrogens with one attached hydrogen (secondary N) is 2. The zero-order chi connectivity index (χ0) is 20.9. The molecule has 0 spiro atoms. The number of H-pyrrole nitrogens is 1. The van der Waals surface area contributed by atoms with Crippen LogP contribution in [0.3, 0.4) is 0 Å². The summed E-state index contributed by atoms with van der Waals surface area (Å²) in [5, 5.41) is 3.40. The largest absolute Gasteiger partial charge is 0.410 e. The molecule has 9 heteroatoms. The number of hydrogen-bond donors (Lipinski definition) is 3. The number of rotatable bonds is 7. The number of carbonyl (C=O) groups excluding carboxylic acids is 1. The first-order chi connectivity index (χ1) is 14.6. The van der Waals surface area contributed by atoms with E-state index in [-0.39, 0.29) is 0 Å². The summed E-state index contributed by atoms with van der Waals surface area (Å²) in [4.78, 5) is 28.2. The maximum Gasteiger partial charge on any atom is 0.410 e. The molecule has 1 fully saturated rings. The van der Waals surface area contributed by atoms with Crippen LogP contribution in [0.2, 0.25) is 0 Å². The number of para-hydroxylation sites is 1. The monoisotopic (exact) mass is 409 g/mol. The number of imidazole rings is 1. The smallest absolute Gasteiger partial charge is 0.408 e. The van der Waals surface area contributed by atoms with E-state index in [0.717, 1.165) is 62.6 Å². The van der Waals surface area contributed by atoms with Gasteiger partial charge in [0.1, 0.15) is 17.2 Å². The molecule has 1 amide bonds. The van der Waals surface area contributed by atoms with Crippen molar-refractivity contribution in [3.63, 3.8) is 0 Å². The second-order valence-corrected chi connectivity index (χ2v) is 7.51. The van der Waals surface area contributed by atoms with Gasteiger partial charge >= 0.3 is 6.09 Å². The molecule has 3 aromatic rings. The van der Waals surface area contributed by atoms with E-state index in [1.165, 1.54) is 0 Å². The summed E-state index contributed by atoms with van der Waals surface area (Å²) in [6, 6.07) is 9.17. The number of benzene rings is 1. The Morgan fingerprint density at radius 1 is 1.27 bits per heavy atom. The minimum absolute atomic E-state index is 0.332. The average molecular weight is 409 g/mol. The van der Waals surface area contributed by atoms with E-state index in [4.69, 9.17) is 10.5 Å². The van der Waals surface area contributed by atoms with E-state index in [2.05, 4.69) is 37.1 Å². The third-order valence-electron chi connectivity index (χ3n) is 5.27. The molecule has 1 aliphatic heterocycles. The van der Waals surface area contributed by atoms with Crippen molar-refractivity contribution in [3.05, 3.63) is 36.5 Å². The van der Waals surface area contributed by atoms with Gasteiger partial charge in [-0.25, -0.2) is 14.8 Å². The SMILES string of the molecule is CN1CCN(CCCNc2cc(-c3nc4c(OC(N)=O)cccc4[nH]3)ccn2)CC1. The second-order valence-electron chi connectivity index (χ2n) is 7.51. The van der Waals surface area contributed by atoms with Crippen LogP contribution in [0, 0.1) is 0 Å². The molecule has 1 aliphatic rings. The first-order valence-corrected chi connectivity index (χ1v) is 10.2. The predicted octanol–water partition coefficient (Wildman–Crippen LogP) is 2.13. The fourth-order valence-electron chi connectivity index (χ4n) is 3.60. The van der Waals surface area contributed by atoms with Gasteiger partial charge in [0.2, 0.25) is 0 Å². The lowest BCUT2D eigenvalue weighted by Gasteiger charge is -2.32. The van der Waals surface area contributed by atoms with Gasteiger partial charge < -0.3 is 30.6 Å². The van der Waals surface area contributed by atoms with Gasteiger partial charge in [0.15, 0.2) is 5.75 Å². The molecule has 0 atom stereocenters. The minimum Gasteiger partial charge on any atom is -0.408 e. The number of anilines is 1. The summed E-state index contributed by atoms with van der Waals surface area (Å²) in [7, 11) is 2.17. The molecule has 4 N–H and O–H groups in total. The van der Waals surface area contributed by atoms with Crippen LogP contribution in [-0.4, -0.2) is 77.2 Å². The van der Waals surface area contributed by atoms with Gasteiger partial charge in [-0.05, 0) is 44.3 Å². The second kappa shape index (κ2) is 9.10. The van der Waals surface area contributed by atoms with Crippen LogP contribution in [0.4, 0.5) is 10.6 Å². The number of hydrogen-bond acceptors (Lipinski definition) is 7. The van der Waals surface area contributed by atoms with E-state index in [0.29, 0.717) is 17.1 Å². The molecular weight excluding hydrogens is 382 g/mol. The molecule has 1 saturated heterocycles. The lowest BCUT2D eigenvalue weighted by atomic mass is 10.2. The number of carbonyl (C=O) groups is 1. The summed E-state index contributed by atoms with van der Waals surface area (Å²) >= 11 is 0. The van der Waals surface area contributed by atoms with Crippen LogP contribution < -0.4 is 15.8 Å². The number of fused-ring (bicyclic) bond motifs is 1. The maximum absolute atomic E-state index is 11.1. The fourth-order valence-corrected chi connectivity index (χ4v) is 3.60. The topological polar surface area (TPSA) is 112 Å². The highest BCUT2D eigenvalue weighted by Gasteiger charge is 2.14. The highest BCUT2D eigenvalue weighted by molar-refractivity contribution is 5.87. The Hall–Kier alpha value is -3.17. The van der Waals surface area contributed by atoms with Crippen LogP contribution in [0.25, 0.3) is 22.4 Å². The van der Waals surface area contributed by atoms with E-state index < -0.39 is 6.09 Å². The normalized spacial score (nSPS) is 15.4. The number of nitrogens with two attached hydrogens (primary N) is 1. The number of piperazine rings is 1. The number of aromatic amines is 1. The molecule has 0 saturated carbocycles. The molecule has 30 heavy (non-hydrogen) atoms. The van der Waals surface area contributed by atoms with Crippen molar-refractivity contribution in [1.82, 2.24) is 24.8 Å². The van der Waals surface area contributed by atoms with Gasteiger partial charge in [0.25, 0.3) is 0 Å². The molecular formula is C21H27N7O2. The number of nitrogens with zero attached hydrogens (tertiary/aromatic N) is 4. The highest BCUT2D eigenvalue weighted by atomic mass is 16.5. The van der Waals surface area contributed by atoms with Crippen molar-refractivity contribution >= 4 is 22.9 Å². The molecule has 4 rings (SSSR count). The van der Waals surface area contributed by atoms with Gasteiger partial charge in [-0.15, -0.1) is 0 Å². The van der Waals surface area contributed by atoms with Crippen molar-refractivity contribution in [3.8, 4) is 17.1 Å². The Kier molecular flexibility index (Phi) is 6.10. The maximum atomic E-state index is 11.1. The van der Waals surface area contributed by atoms with Gasteiger partial charge in [0.05, 0.1) is 5.52 Å². The van der Waals surface area contributed by atoms with Crippen molar-refractivity contribution in [2.45, 2.75) is 6.42 Å². The zero-order valence-corrected chi connectivity index (χ0v) is 17.1. The van der Waals surface area contributed by atoms with Crippen molar-refractivity contribution in [1.29, 1.82) is 0 Å². The third kappa shape index (κ3) is 4.87. The number of pyridine rings is 1. The Balaban J connectivity index is 1.39. The van der Waals surface area contributed by atoms with Crippen molar-refractivity contribution < 1.29 is 9.53 Å². The molecule has 0 bridgehead atoms. The van der Waals surface area contributed by atoms with Gasteiger partial charge in [-0.3, -0.25) is 0 Å². The third-order valence-corrected chi connectivity index (χ3v) is 5.27. The van der Waals surface area contributed by atoms with Crippen LogP contribution in [0.15, 0.2) is 36.5 Å². The minimum atomic E-state index is -0.862. The molecule has 0 radical (unpaired) electrons. The van der Waals surface area contributed by atoms with E-state index in [1.54, 1.807) is 18.3 Å². The standard InChI is InChI=1S/C21H27N7O2/c1-27-10-12-28(13-11-27)9-3-7-23-18-14-15(6-8-24-18)20-25-16-4-2-5-17(19(16)26-20)30-21(22)29/h2,4-6,8,14H,3,7,9-13H2,1H3,(H2,22,29)(H,23,24)(H,25,26). The van der Waals surface area contributed by atoms with Crippen LogP contribution in [-0.2, 0) is 0 Å². The van der Waals surface area contributed by atoms with E-state index in [1.807, 2.05) is 18.2 Å². The Labute approximate surface area is 175 Å². The summed E-state index contributed by atoms with van der Waals surface area (Å²) in [6.45, 7) is 6.50. The molecule has 9 nitrogen and oxygen atoms in total. The average Bonchev–Trinajstić information content (AvgIpc) is 3.18. The molecule has 0 unspecified atom stereocenters. The number of primary amides is 1. The number of ether oxygens (including phenoxy) is 1. The lowest BCUT2D eigenvalue weighted by molar-refractivity contribution is 0.154. The molecule has 158 valence electrons. The molecule has 2 aromatic heterocycles. The highest BCUT2D eigenvalue weighted by Crippen LogP contribution is 2.27. The lowest BCUT2D eigenvalue weighted by Crippen LogP contribution is -2.44. The number of likely N-dealkylation sites (N-methyl/N-ethyl adjacent to an activating group) is 1. The van der Waals surface area contributed by atoms with Crippen LogP contribution in [0.5, 0.6) is 5.75 Å². The van der Waals surface area contributed by atoms with Gasteiger partial charge in [0, 0.05) is 44.5 Å². The first kappa shape index (κ1) is 20.1. The fraction of sp³-hybridized carbons (Fsp3) is 0.381. The van der Waals surface area contributed by atoms with Crippen LogP contribution >= 0.6 is 0 Å². The molecule has 1 aromatic carbocycles. The number of amides is 1. The zero-order valence-electron chi connectivity index (χ0n) is 17.1. The quantitative estimate of drug-likeness (QED) is 0.513. The Morgan fingerprint density at radius 3 is 2.90 bits per heavy atom. The van der Waals surface area contributed by atoms with Gasteiger partial charge in [-0.1, -0.05) is 6.07 Å². The van der Waals surface area contributed by atoms with E-state index >= 15 is 0 Å². The molecule has 0 aliphatic carbocycles. The Bertz CT molecular complexity index is 1010. The summed E-state index contributed by atoms with van der Waals surface area (Å²) in [6.07, 6.45) is 1.96. The first-order valence-electron chi connectivity index (χ1n) is 10.2. The van der Waals surface area contributed by atoms with Crippen molar-refractivity contribution in [2.75, 3.05) is 51.6 Å². The summed E-state index contributed by atoms with van der Waals surface area (Å²) in [5.74, 6) is 1.81. The Morgan fingerprint density at radius 2 is 2.10 bits per heavy atom. The van der Waals surface area contributed by atoms with E-state index in [9.17, 15) is 4.79 Å². The van der Waals surface area contributed by atoms with Crippen molar-refractivity contribution in [2.24, 2.45) is 5.73 Å². The number of aromatic nitrogens is 3. The summed E-state index contributed by atoms with van der Waals surface area (Å²) < 4.78 is 5.05.